The minimum Gasteiger partial charge on any atom is -0.395 e. The molecule has 3 atom stereocenters. The topological polar surface area (TPSA) is 72.7 Å². The van der Waals surface area contributed by atoms with Crippen molar-refractivity contribution in [1.29, 1.82) is 0 Å². The predicted octanol–water partition coefficient (Wildman–Crippen LogP) is -1.30. The molecule has 4 N–H and O–H groups in total. The molecule has 0 saturated carbocycles. The van der Waals surface area contributed by atoms with Crippen molar-refractivity contribution in [1.82, 2.24) is 5.32 Å². The Bertz CT molecular complexity index is 95.7. The molecule has 0 fully saturated rings. The molecule has 0 aliphatic rings. The lowest BCUT2D eigenvalue weighted by Gasteiger charge is -2.23. The van der Waals surface area contributed by atoms with Gasteiger partial charge in [0.1, 0.15) is 0 Å². The number of hydrogen-bond donors (Lipinski definition) is 4. The third-order valence-electron chi connectivity index (χ3n) is 1.79. The molecule has 0 aromatic heterocycles. The number of nitrogens with one attached hydrogen (secondary N) is 1. The lowest BCUT2D eigenvalue weighted by Crippen LogP contribution is -2.46. The van der Waals surface area contributed by atoms with Gasteiger partial charge in [-0.15, -0.1) is 0 Å². The summed E-state index contributed by atoms with van der Waals surface area (Å²) in [6.07, 6.45) is -1.17. The maximum atomic E-state index is 9.30. The summed E-state index contributed by atoms with van der Waals surface area (Å²) in [5, 5.41) is 29.9. The van der Waals surface area contributed by atoms with Crippen LogP contribution >= 0.6 is 0 Å². The van der Waals surface area contributed by atoms with E-state index in [1.54, 1.807) is 14.0 Å². The minimum absolute atomic E-state index is 0.172. The summed E-state index contributed by atoms with van der Waals surface area (Å²) < 4.78 is 0. The molecule has 0 unspecified atom stereocenters. The fourth-order valence-corrected chi connectivity index (χ4v) is 0.880. The van der Waals surface area contributed by atoms with Crippen LogP contribution in [0.2, 0.25) is 0 Å². The number of likely N-dealkylation sites (N-methyl/N-ethyl adjacent to an activating group) is 1. The Kier molecular flexibility index (Phi) is 5.41. The van der Waals surface area contributed by atoms with Crippen LogP contribution in [0.5, 0.6) is 0 Å². The quantitative estimate of drug-likeness (QED) is 0.406. The predicted molar refractivity (Wildman–Crippen MR) is 42.2 cm³/mol. The fourth-order valence-electron chi connectivity index (χ4n) is 0.880. The molecule has 0 radical (unpaired) electrons. The first-order valence-electron chi connectivity index (χ1n) is 3.81. The Morgan fingerprint density at radius 3 is 2.18 bits per heavy atom. The van der Waals surface area contributed by atoms with E-state index in [9.17, 15) is 5.11 Å². The van der Waals surface area contributed by atoms with Gasteiger partial charge in [0.15, 0.2) is 0 Å². The summed E-state index contributed by atoms with van der Waals surface area (Å²) in [6.45, 7) is 1.60. The van der Waals surface area contributed by atoms with Crippen LogP contribution in [0.3, 0.4) is 0 Å². The molecule has 0 rings (SSSR count). The van der Waals surface area contributed by atoms with Crippen molar-refractivity contribution in [2.45, 2.75) is 31.6 Å². The highest BCUT2D eigenvalue weighted by molar-refractivity contribution is 4.78. The smallest absolute Gasteiger partial charge is 0.0973 e. The van der Waals surface area contributed by atoms with E-state index in [0.29, 0.717) is 6.42 Å². The van der Waals surface area contributed by atoms with Gasteiger partial charge in [0.05, 0.1) is 24.9 Å². The Balaban J connectivity index is 3.86. The molecule has 0 amide bonds. The van der Waals surface area contributed by atoms with Gasteiger partial charge in [-0.25, -0.2) is 0 Å². The summed E-state index contributed by atoms with van der Waals surface area (Å²) in [4.78, 5) is 0. The van der Waals surface area contributed by atoms with Gasteiger partial charge in [-0.2, -0.15) is 0 Å². The highest BCUT2D eigenvalue weighted by Crippen LogP contribution is 2.02. The molecule has 68 valence electrons. The second-order valence-corrected chi connectivity index (χ2v) is 2.54. The van der Waals surface area contributed by atoms with Gasteiger partial charge in [0.25, 0.3) is 0 Å². The zero-order valence-electron chi connectivity index (χ0n) is 6.99. The van der Waals surface area contributed by atoms with Crippen LogP contribution < -0.4 is 5.32 Å². The first-order valence-corrected chi connectivity index (χ1v) is 3.81. The van der Waals surface area contributed by atoms with Gasteiger partial charge in [-0.05, 0) is 13.5 Å². The molecule has 0 aliphatic carbocycles. The van der Waals surface area contributed by atoms with Gasteiger partial charge in [0.2, 0.25) is 0 Å². The molecule has 11 heavy (non-hydrogen) atoms. The zero-order valence-corrected chi connectivity index (χ0v) is 6.99. The van der Waals surface area contributed by atoms with E-state index in [4.69, 9.17) is 10.2 Å². The number of rotatable bonds is 5. The SMILES string of the molecule is CC[C@@H](O)[C@H](O)[C@@H](CO)NC. The largest absolute Gasteiger partial charge is 0.395 e. The van der Waals surface area contributed by atoms with Crippen molar-refractivity contribution < 1.29 is 15.3 Å². The molecule has 0 aromatic rings. The standard InChI is InChI=1S/C7H17NO3/c1-3-6(10)7(11)5(4-9)8-2/h5-11H,3-4H2,1-2H3/t5-,6-,7-/m1/s1. The van der Waals surface area contributed by atoms with E-state index in [0.717, 1.165) is 0 Å². The van der Waals surface area contributed by atoms with Gasteiger partial charge in [0, 0.05) is 0 Å². The molecule has 0 aromatic carbocycles. The summed E-state index contributed by atoms with van der Waals surface area (Å²) >= 11 is 0. The van der Waals surface area contributed by atoms with E-state index < -0.39 is 18.2 Å². The second-order valence-electron chi connectivity index (χ2n) is 2.54. The summed E-state index contributed by atoms with van der Waals surface area (Å²) in [7, 11) is 1.63. The summed E-state index contributed by atoms with van der Waals surface area (Å²) in [5.74, 6) is 0. The average molecular weight is 163 g/mol. The highest BCUT2D eigenvalue weighted by Gasteiger charge is 2.22. The van der Waals surface area contributed by atoms with Crippen LogP contribution in [0.25, 0.3) is 0 Å². The molecule has 0 aliphatic heterocycles. The van der Waals surface area contributed by atoms with Crippen molar-refractivity contribution in [2.24, 2.45) is 0 Å². The second kappa shape index (κ2) is 5.49. The van der Waals surface area contributed by atoms with E-state index in [-0.39, 0.29) is 6.61 Å². The van der Waals surface area contributed by atoms with Crippen molar-refractivity contribution in [3.8, 4) is 0 Å². The molecular formula is C7H17NO3. The van der Waals surface area contributed by atoms with Crippen LogP contribution in [0, 0.1) is 0 Å². The molecule has 0 saturated heterocycles. The van der Waals surface area contributed by atoms with E-state index >= 15 is 0 Å². The van der Waals surface area contributed by atoms with Crippen LogP contribution in [-0.2, 0) is 0 Å². The van der Waals surface area contributed by atoms with Gasteiger partial charge in [-0.1, -0.05) is 6.92 Å². The summed E-state index contributed by atoms with van der Waals surface area (Å²) in [6, 6.07) is -0.440. The minimum atomic E-state index is -0.894. The highest BCUT2D eigenvalue weighted by atomic mass is 16.3. The van der Waals surface area contributed by atoms with E-state index in [2.05, 4.69) is 5.32 Å². The first kappa shape index (κ1) is 10.8. The normalized spacial score (nSPS) is 19.4. The summed E-state index contributed by atoms with van der Waals surface area (Å²) in [5.41, 5.74) is 0. The third kappa shape index (κ3) is 3.16. The zero-order chi connectivity index (χ0) is 8.85. The molecule has 0 bridgehead atoms. The molecule has 4 nitrogen and oxygen atoms in total. The third-order valence-corrected chi connectivity index (χ3v) is 1.79. The van der Waals surface area contributed by atoms with Crippen LogP contribution in [0.1, 0.15) is 13.3 Å². The monoisotopic (exact) mass is 163 g/mol. The van der Waals surface area contributed by atoms with Crippen LogP contribution in [0.15, 0.2) is 0 Å². The fraction of sp³-hybridized carbons (Fsp3) is 1.00. The maximum Gasteiger partial charge on any atom is 0.0973 e. The van der Waals surface area contributed by atoms with Gasteiger partial charge >= 0.3 is 0 Å². The maximum absolute atomic E-state index is 9.30. The Labute approximate surface area is 66.9 Å². The lowest BCUT2D eigenvalue weighted by atomic mass is 10.0. The van der Waals surface area contributed by atoms with E-state index in [1.807, 2.05) is 0 Å². The number of hydrogen-bond acceptors (Lipinski definition) is 4. The first-order chi connectivity index (χ1) is 5.17. The van der Waals surface area contributed by atoms with Gasteiger partial charge < -0.3 is 20.6 Å². The van der Waals surface area contributed by atoms with Crippen molar-refractivity contribution >= 4 is 0 Å². The Hall–Kier alpha value is -0.160. The Morgan fingerprint density at radius 1 is 1.36 bits per heavy atom. The Morgan fingerprint density at radius 2 is 1.91 bits per heavy atom. The average Bonchev–Trinajstić information content (AvgIpc) is 2.05. The molecular weight excluding hydrogens is 146 g/mol. The molecule has 0 heterocycles. The van der Waals surface area contributed by atoms with E-state index in [1.165, 1.54) is 0 Å². The van der Waals surface area contributed by atoms with Crippen molar-refractivity contribution in [3.05, 3.63) is 0 Å². The lowest BCUT2D eigenvalue weighted by molar-refractivity contribution is -0.0159. The van der Waals surface area contributed by atoms with Crippen molar-refractivity contribution in [2.75, 3.05) is 13.7 Å². The molecule has 4 heteroatoms. The number of aliphatic hydroxyl groups is 3. The molecule has 0 spiro atoms. The van der Waals surface area contributed by atoms with Crippen LogP contribution in [0.4, 0.5) is 0 Å². The van der Waals surface area contributed by atoms with Gasteiger partial charge in [-0.3, -0.25) is 0 Å². The van der Waals surface area contributed by atoms with Crippen LogP contribution in [-0.4, -0.2) is 47.2 Å². The number of aliphatic hydroxyl groups excluding tert-OH is 3. The van der Waals surface area contributed by atoms with Crippen molar-refractivity contribution in [3.63, 3.8) is 0 Å².